The van der Waals surface area contributed by atoms with Crippen LogP contribution in [0.5, 0.6) is 0 Å². The highest BCUT2D eigenvalue weighted by Crippen LogP contribution is 2.35. The normalized spacial score (nSPS) is 11.1. The Morgan fingerprint density at radius 3 is 2.75 bits per heavy atom. The average molecular weight is 376 g/mol. The van der Waals surface area contributed by atoms with Crippen LogP contribution >= 0.6 is 34.5 Å². The summed E-state index contributed by atoms with van der Waals surface area (Å²) in [5.41, 5.74) is 3.35. The first-order valence-electron chi connectivity index (χ1n) is 7.08. The zero-order valence-electron chi connectivity index (χ0n) is 12.5. The lowest BCUT2D eigenvalue weighted by Gasteiger charge is -2.08. The minimum atomic E-state index is 0.566. The van der Waals surface area contributed by atoms with Gasteiger partial charge in [-0.1, -0.05) is 23.2 Å². The molecule has 8 heteroatoms. The van der Waals surface area contributed by atoms with Gasteiger partial charge in [0.25, 0.3) is 0 Å². The molecule has 24 heavy (non-hydrogen) atoms. The second kappa shape index (κ2) is 6.05. The fraction of sp³-hybridized carbons (Fsp3) is 0.0625. The van der Waals surface area contributed by atoms with Crippen molar-refractivity contribution in [3.8, 4) is 11.4 Å². The smallest absolute Gasteiger partial charge is 0.234 e. The van der Waals surface area contributed by atoms with Crippen molar-refractivity contribution in [1.29, 1.82) is 0 Å². The van der Waals surface area contributed by atoms with Gasteiger partial charge in [-0.05, 0) is 30.7 Å². The second-order valence-corrected chi connectivity index (χ2v) is 6.87. The number of hydrogen-bond donors (Lipinski definition) is 1. The zero-order chi connectivity index (χ0) is 16.7. The first-order valence-corrected chi connectivity index (χ1v) is 8.72. The number of nitrogens with zero attached hydrogens (tertiary/aromatic N) is 4. The first-order chi connectivity index (χ1) is 11.6. The number of thiazole rings is 1. The maximum absolute atomic E-state index is 6.28. The lowest BCUT2D eigenvalue weighted by molar-refractivity contribution is 1.11. The van der Waals surface area contributed by atoms with E-state index in [4.69, 9.17) is 23.2 Å². The average Bonchev–Trinajstić information content (AvgIpc) is 3.17. The number of rotatable bonds is 3. The number of fused-ring (bicyclic) bond motifs is 1. The fourth-order valence-corrected chi connectivity index (χ4v) is 3.79. The molecule has 0 aliphatic carbocycles. The molecule has 0 saturated carbocycles. The molecule has 0 saturated heterocycles. The zero-order valence-corrected chi connectivity index (χ0v) is 14.8. The van der Waals surface area contributed by atoms with Crippen LogP contribution in [0.1, 0.15) is 5.56 Å². The van der Waals surface area contributed by atoms with Crippen LogP contribution in [0.2, 0.25) is 10.0 Å². The van der Waals surface area contributed by atoms with Gasteiger partial charge < -0.3 is 5.32 Å². The van der Waals surface area contributed by atoms with E-state index in [1.165, 1.54) is 11.3 Å². The number of anilines is 2. The Morgan fingerprint density at radius 1 is 1.17 bits per heavy atom. The molecule has 0 atom stereocenters. The number of hydrogen-bond acceptors (Lipinski definition) is 5. The number of benzene rings is 1. The lowest BCUT2D eigenvalue weighted by Crippen LogP contribution is -1.93. The summed E-state index contributed by atoms with van der Waals surface area (Å²) in [7, 11) is 0. The van der Waals surface area contributed by atoms with Crippen molar-refractivity contribution in [2.75, 3.05) is 5.32 Å². The van der Waals surface area contributed by atoms with Crippen molar-refractivity contribution in [2.45, 2.75) is 6.92 Å². The van der Waals surface area contributed by atoms with Crippen molar-refractivity contribution in [1.82, 2.24) is 19.4 Å². The number of aryl methyl sites for hydroxylation is 1. The van der Waals surface area contributed by atoms with Crippen molar-refractivity contribution >= 4 is 51.1 Å². The predicted octanol–water partition coefficient (Wildman–Crippen LogP) is 5.21. The molecule has 1 N–H and O–H groups in total. The van der Waals surface area contributed by atoms with Gasteiger partial charge in [-0.3, -0.25) is 4.40 Å². The highest BCUT2D eigenvalue weighted by Gasteiger charge is 2.13. The number of aromatic nitrogens is 4. The molecule has 4 aromatic rings. The highest BCUT2D eigenvalue weighted by molar-refractivity contribution is 7.14. The Bertz CT molecular complexity index is 1020. The molecule has 1 aromatic carbocycles. The summed E-state index contributed by atoms with van der Waals surface area (Å²) >= 11 is 14.0. The summed E-state index contributed by atoms with van der Waals surface area (Å²) in [5.74, 6) is 0.639. The van der Waals surface area contributed by atoms with Crippen LogP contribution in [0.25, 0.3) is 17.2 Å². The van der Waals surface area contributed by atoms with Crippen LogP contribution < -0.4 is 5.32 Å². The molecule has 0 radical (unpaired) electrons. The van der Waals surface area contributed by atoms with E-state index in [-0.39, 0.29) is 0 Å². The Morgan fingerprint density at radius 2 is 1.96 bits per heavy atom. The molecule has 3 heterocycles. The monoisotopic (exact) mass is 375 g/mol. The van der Waals surface area contributed by atoms with Crippen molar-refractivity contribution in [3.05, 3.63) is 57.8 Å². The second-order valence-electron chi connectivity index (χ2n) is 5.20. The molecule has 0 amide bonds. The molecule has 0 fully saturated rings. The van der Waals surface area contributed by atoms with Crippen molar-refractivity contribution in [3.63, 3.8) is 0 Å². The van der Waals surface area contributed by atoms with Gasteiger partial charge in [0.05, 0.1) is 27.6 Å². The van der Waals surface area contributed by atoms with Crippen LogP contribution in [-0.4, -0.2) is 19.4 Å². The van der Waals surface area contributed by atoms with Gasteiger partial charge in [0.15, 0.2) is 5.13 Å². The molecule has 4 rings (SSSR count). The Labute approximate surface area is 151 Å². The van der Waals surface area contributed by atoms with E-state index in [0.29, 0.717) is 26.6 Å². The third kappa shape index (κ3) is 2.73. The maximum Gasteiger partial charge on any atom is 0.234 e. The van der Waals surface area contributed by atoms with E-state index in [0.717, 1.165) is 17.0 Å². The van der Waals surface area contributed by atoms with Crippen LogP contribution in [0.3, 0.4) is 0 Å². The number of halogens is 2. The minimum absolute atomic E-state index is 0.566. The summed E-state index contributed by atoms with van der Waals surface area (Å²) in [6, 6.07) is 5.58. The summed E-state index contributed by atoms with van der Waals surface area (Å²) in [6.07, 6.45) is 5.37. The van der Waals surface area contributed by atoms with E-state index in [1.54, 1.807) is 12.4 Å². The largest absolute Gasteiger partial charge is 0.329 e. The van der Waals surface area contributed by atoms with Crippen LogP contribution in [0.15, 0.2) is 42.2 Å². The molecule has 120 valence electrons. The Balaban J connectivity index is 1.69. The minimum Gasteiger partial charge on any atom is -0.329 e. The summed E-state index contributed by atoms with van der Waals surface area (Å²) in [5, 5.41) is 6.99. The van der Waals surface area contributed by atoms with Gasteiger partial charge in [0, 0.05) is 17.8 Å². The fourth-order valence-electron chi connectivity index (χ4n) is 2.39. The lowest BCUT2D eigenvalue weighted by atomic mass is 10.2. The van der Waals surface area contributed by atoms with E-state index in [2.05, 4.69) is 20.3 Å². The topological polar surface area (TPSA) is 55.1 Å². The molecule has 0 aliphatic heterocycles. The van der Waals surface area contributed by atoms with E-state index >= 15 is 0 Å². The van der Waals surface area contributed by atoms with Crippen LogP contribution in [-0.2, 0) is 0 Å². The Kier molecular flexibility index (Phi) is 3.88. The van der Waals surface area contributed by atoms with Gasteiger partial charge in [-0.25, -0.2) is 15.0 Å². The van der Waals surface area contributed by atoms with Crippen molar-refractivity contribution in [2.24, 2.45) is 0 Å². The SMILES string of the molecule is Cc1cc(Cl)c(Nc2nc(-c3cnc4ncccn34)cs2)c(Cl)c1. The quantitative estimate of drug-likeness (QED) is 0.533. The van der Waals surface area contributed by atoms with E-state index < -0.39 is 0 Å². The number of imidazole rings is 1. The summed E-state index contributed by atoms with van der Waals surface area (Å²) < 4.78 is 1.89. The standard InChI is InChI=1S/C16H11Cl2N5S/c1-9-5-10(17)14(11(18)6-9)22-16-21-12(8-24-16)13-7-20-15-19-3-2-4-23(13)15/h2-8H,1H3,(H,21,22). The molecule has 5 nitrogen and oxygen atoms in total. The van der Waals surface area contributed by atoms with Gasteiger partial charge in [0.2, 0.25) is 5.78 Å². The van der Waals surface area contributed by atoms with Gasteiger partial charge in [0.1, 0.15) is 5.69 Å². The molecular weight excluding hydrogens is 365 g/mol. The third-order valence-electron chi connectivity index (χ3n) is 3.47. The highest BCUT2D eigenvalue weighted by atomic mass is 35.5. The van der Waals surface area contributed by atoms with Gasteiger partial charge in [-0.2, -0.15) is 0 Å². The maximum atomic E-state index is 6.28. The molecular formula is C16H11Cl2N5S. The molecule has 3 aromatic heterocycles. The summed E-state index contributed by atoms with van der Waals surface area (Å²) in [4.78, 5) is 13.1. The summed E-state index contributed by atoms with van der Waals surface area (Å²) in [6.45, 7) is 1.95. The predicted molar refractivity (Wildman–Crippen MR) is 98.6 cm³/mol. The molecule has 0 unspecified atom stereocenters. The van der Waals surface area contributed by atoms with Crippen LogP contribution in [0, 0.1) is 6.92 Å². The van der Waals surface area contributed by atoms with Gasteiger partial charge in [-0.15, -0.1) is 11.3 Å². The third-order valence-corrected chi connectivity index (χ3v) is 4.83. The van der Waals surface area contributed by atoms with Gasteiger partial charge >= 0.3 is 0 Å². The molecule has 0 spiro atoms. The molecule has 0 aliphatic rings. The Hall–Kier alpha value is -2.15. The van der Waals surface area contributed by atoms with E-state index in [1.807, 2.05) is 41.1 Å². The van der Waals surface area contributed by atoms with E-state index in [9.17, 15) is 0 Å². The molecule has 0 bridgehead atoms. The first kappa shape index (κ1) is 15.4. The number of nitrogens with one attached hydrogen (secondary N) is 1. The van der Waals surface area contributed by atoms with Crippen molar-refractivity contribution < 1.29 is 0 Å². The van der Waals surface area contributed by atoms with Crippen LogP contribution in [0.4, 0.5) is 10.8 Å².